The van der Waals surface area contributed by atoms with Crippen LogP contribution in [0.3, 0.4) is 0 Å². The maximum Gasteiger partial charge on any atom is 0.213 e. The van der Waals surface area contributed by atoms with Gasteiger partial charge in [-0.3, -0.25) is 0 Å². The van der Waals surface area contributed by atoms with Crippen LogP contribution in [0.1, 0.15) is 11.4 Å². The van der Waals surface area contributed by atoms with Crippen LogP contribution in [0, 0.1) is 6.92 Å². The minimum atomic E-state index is 0.695. The van der Waals surface area contributed by atoms with E-state index in [2.05, 4.69) is 35.9 Å². The number of hydrogen-bond acceptors (Lipinski definition) is 5. The summed E-state index contributed by atoms with van der Waals surface area (Å²) in [7, 11) is 0. The number of nitrogens with one attached hydrogen (secondary N) is 1. The van der Waals surface area contributed by atoms with Gasteiger partial charge in [0.15, 0.2) is 5.82 Å². The van der Waals surface area contributed by atoms with E-state index in [0.29, 0.717) is 12.2 Å². The first-order valence-corrected chi connectivity index (χ1v) is 6.01. The van der Waals surface area contributed by atoms with Crippen molar-refractivity contribution in [1.82, 2.24) is 10.1 Å². The van der Waals surface area contributed by atoms with Gasteiger partial charge in [-0.1, -0.05) is 5.16 Å². The average Bonchev–Trinajstić information content (AvgIpc) is 2.78. The summed E-state index contributed by atoms with van der Waals surface area (Å²) < 4.78 is 5.61. The molecule has 0 unspecified atom stereocenters. The van der Waals surface area contributed by atoms with Crippen LogP contribution in [0.5, 0.6) is 0 Å². The highest BCUT2D eigenvalue weighted by Gasteiger charge is 2.04. The third-order valence-corrected chi connectivity index (χ3v) is 3.08. The van der Waals surface area contributed by atoms with Crippen LogP contribution >= 0.6 is 15.9 Å². The van der Waals surface area contributed by atoms with Crippen LogP contribution < -0.4 is 11.1 Å². The van der Waals surface area contributed by atoms with Crippen molar-refractivity contribution in [3.8, 4) is 0 Å². The lowest BCUT2D eigenvalue weighted by atomic mass is 10.2. The fourth-order valence-corrected chi connectivity index (χ4v) is 1.95. The molecule has 6 heteroatoms. The van der Waals surface area contributed by atoms with Crippen molar-refractivity contribution in [2.24, 2.45) is 0 Å². The molecule has 17 heavy (non-hydrogen) atoms. The molecular weight excluding hydrogens is 284 g/mol. The summed E-state index contributed by atoms with van der Waals surface area (Å²) >= 11 is 3.47. The summed E-state index contributed by atoms with van der Waals surface area (Å²) in [6.45, 7) is 2.72. The molecule has 3 N–H and O–H groups in total. The number of benzene rings is 1. The molecule has 0 radical (unpaired) electrons. The van der Waals surface area contributed by atoms with Crippen LogP contribution in [0.4, 0.5) is 11.4 Å². The summed E-state index contributed by atoms with van der Waals surface area (Å²) in [4.78, 5) is 3.95. The number of aryl methyl sites for hydroxylation is 1. The molecule has 1 aromatic carbocycles. The van der Waals surface area contributed by atoms with E-state index in [1.807, 2.05) is 19.1 Å². The molecule has 0 bridgehead atoms. The molecule has 0 fully saturated rings. The highest BCUT2D eigenvalue weighted by atomic mass is 79.9. The van der Waals surface area contributed by atoms with Crippen molar-refractivity contribution in [2.45, 2.75) is 13.3 Å². The van der Waals surface area contributed by atoms with Gasteiger partial charge in [0.25, 0.3) is 0 Å². The van der Waals surface area contributed by atoms with Crippen molar-refractivity contribution in [1.29, 1.82) is 0 Å². The van der Waals surface area contributed by atoms with Gasteiger partial charge < -0.3 is 15.6 Å². The van der Waals surface area contributed by atoms with Crippen molar-refractivity contribution < 1.29 is 4.52 Å². The van der Waals surface area contributed by atoms with Gasteiger partial charge in [0.2, 0.25) is 6.39 Å². The lowest BCUT2D eigenvalue weighted by molar-refractivity contribution is 0.410. The predicted octanol–water partition coefficient (Wildman–Crippen LogP) is 2.38. The summed E-state index contributed by atoms with van der Waals surface area (Å²) in [6.07, 6.45) is 2.05. The van der Waals surface area contributed by atoms with E-state index in [9.17, 15) is 0 Å². The molecule has 0 amide bonds. The summed E-state index contributed by atoms with van der Waals surface area (Å²) in [5, 5.41) is 7.04. The topological polar surface area (TPSA) is 77.0 Å². The van der Waals surface area contributed by atoms with Crippen molar-refractivity contribution in [2.75, 3.05) is 17.6 Å². The molecule has 0 aliphatic rings. The zero-order valence-electron chi connectivity index (χ0n) is 9.40. The number of aromatic nitrogens is 2. The summed E-state index contributed by atoms with van der Waals surface area (Å²) in [5.41, 5.74) is 8.65. The second-order valence-electron chi connectivity index (χ2n) is 3.71. The quantitative estimate of drug-likeness (QED) is 0.847. The Balaban J connectivity index is 1.97. The number of nitrogens with zero attached hydrogens (tertiary/aromatic N) is 2. The van der Waals surface area contributed by atoms with Crippen LogP contribution in [0.15, 0.2) is 27.5 Å². The fraction of sp³-hybridized carbons (Fsp3) is 0.273. The van der Waals surface area contributed by atoms with Gasteiger partial charge in [-0.05, 0) is 40.5 Å². The zero-order chi connectivity index (χ0) is 12.3. The Hall–Kier alpha value is -1.56. The Morgan fingerprint density at radius 3 is 3.00 bits per heavy atom. The van der Waals surface area contributed by atoms with Crippen molar-refractivity contribution in [3.05, 3.63) is 34.4 Å². The smallest absolute Gasteiger partial charge is 0.213 e. The third kappa shape index (κ3) is 2.97. The first kappa shape index (κ1) is 11.9. The van der Waals surface area contributed by atoms with Crippen molar-refractivity contribution in [3.63, 3.8) is 0 Å². The SMILES string of the molecule is Cc1cc(NCCc2ncon2)c(Br)cc1N. The van der Waals surface area contributed by atoms with Gasteiger partial charge in [0, 0.05) is 28.8 Å². The number of nitrogens with two attached hydrogens (primary N) is 1. The first-order chi connectivity index (χ1) is 8.16. The molecule has 1 aromatic heterocycles. The number of rotatable bonds is 4. The largest absolute Gasteiger partial charge is 0.398 e. The van der Waals surface area contributed by atoms with Gasteiger partial charge in [0.05, 0.1) is 0 Å². The number of hydrogen-bond donors (Lipinski definition) is 2. The standard InChI is InChI=1S/C11H13BrN4O/c1-7-4-10(8(12)5-9(7)13)14-3-2-11-15-6-17-16-11/h4-6,14H,2-3,13H2,1H3. The second kappa shape index (κ2) is 5.18. The van der Waals surface area contributed by atoms with Gasteiger partial charge in [0.1, 0.15) is 0 Å². The Bertz CT molecular complexity index is 498. The summed E-state index contributed by atoms with van der Waals surface area (Å²) in [5.74, 6) is 0.695. The summed E-state index contributed by atoms with van der Waals surface area (Å²) in [6, 6.07) is 3.90. The van der Waals surface area contributed by atoms with Gasteiger partial charge in [-0.2, -0.15) is 4.98 Å². The molecule has 2 rings (SSSR count). The lowest BCUT2D eigenvalue weighted by Gasteiger charge is -2.10. The molecule has 90 valence electrons. The Morgan fingerprint density at radius 1 is 1.47 bits per heavy atom. The third-order valence-electron chi connectivity index (χ3n) is 2.43. The van der Waals surface area contributed by atoms with Crippen molar-refractivity contribution >= 4 is 27.3 Å². The Labute approximate surface area is 108 Å². The van der Waals surface area contributed by atoms with Crippen LogP contribution in [0.25, 0.3) is 0 Å². The Kier molecular flexibility index (Phi) is 3.63. The van der Waals surface area contributed by atoms with Gasteiger partial charge in [-0.25, -0.2) is 0 Å². The number of anilines is 2. The van der Waals surface area contributed by atoms with E-state index in [1.165, 1.54) is 6.39 Å². The molecular formula is C11H13BrN4O. The van der Waals surface area contributed by atoms with Crippen LogP contribution in [-0.4, -0.2) is 16.7 Å². The molecule has 0 saturated carbocycles. The molecule has 0 aliphatic heterocycles. The number of nitrogen functional groups attached to an aromatic ring is 1. The number of halogens is 1. The minimum absolute atomic E-state index is 0.695. The average molecular weight is 297 g/mol. The van der Waals surface area contributed by atoms with E-state index >= 15 is 0 Å². The highest BCUT2D eigenvalue weighted by molar-refractivity contribution is 9.10. The molecule has 0 aliphatic carbocycles. The maximum absolute atomic E-state index is 5.81. The predicted molar refractivity (Wildman–Crippen MR) is 69.8 cm³/mol. The second-order valence-corrected chi connectivity index (χ2v) is 4.57. The molecule has 1 heterocycles. The maximum atomic E-state index is 5.81. The zero-order valence-corrected chi connectivity index (χ0v) is 11.0. The van der Waals surface area contributed by atoms with Crippen LogP contribution in [0.2, 0.25) is 0 Å². The first-order valence-electron chi connectivity index (χ1n) is 5.21. The monoisotopic (exact) mass is 296 g/mol. The normalized spacial score (nSPS) is 10.5. The van der Waals surface area contributed by atoms with E-state index in [-0.39, 0.29) is 0 Å². The molecule has 0 atom stereocenters. The van der Waals surface area contributed by atoms with Gasteiger partial charge >= 0.3 is 0 Å². The fourth-order valence-electron chi connectivity index (χ4n) is 1.44. The van der Waals surface area contributed by atoms with E-state index < -0.39 is 0 Å². The van der Waals surface area contributed by atoms with E-state index in [1.54, 1.807) is 0 Å². The minimum Gasteiger partial charge on any atom is -0.398 e. The molecule has 0 spiro atoms. The van der Waals surface area contributed by atoms with Crippen LogP contribution in [-0.2, 0) is 6.42 Å². The molecule has 5 nitrogen and oxygen atoms in total. The highest BCUT2D eigenvalue weighted by Crippen LogP contribution is 2.27. The van der Waals surface area contributed by atoms with Gasteiger partial charge in [-0.15, -0.1) is 0 Å². The molecule has 0 saturated heterocycles. The van der Waals surface area contributed by atoms with E-state index in [4.69, 9.17) is 5.73 Å². The Morgan fingerprint density at radius 2 is 2.29 bits per heavy atom. The molecule has 2 aromatic rings. The van der Waals surface area contributed by atoms with E-state index in [0.717, 1.165) is 28.0 Å². The lowest BCUT2D eigenvalue weighted by Crippen LogP contribution is -2.07.